The molecule has 0 fully saturated rings. The van der Waals surface area contributed by atoms with Crippen LogP contribution in [0.15, 0.2) is 36.9 Å². The van der Waals surface area contributed by atoms with Crippen molar-refractivity contribution in [3.63, 3.8) is 0 Å². The first-order valence-electron chi connectivity index (χ1n) is 5.78. The molecule has 0 aliphatic rings. The maximum atomic E-state index is 13.1. The standard InChI is InChI=1S/C14H16FNS/c1-3-5-12(16-4-2)14-9-10-8-11(15)6-7-13(10)17-14/h3,6-9,12,16H,1,4-5H2,2H3. The predicted molar refractivity (Wildman–Crippen MR) is 73.0 cm³/mol. The largest absolute Gasteiger partial charge is 0.309 e. The van der Waals surface area contributed by atoms with Crippen molar-refractivity contribution >= 4 is 21.4 Å². The highest BCUT2D eigenvalue weighted by atomic mass is 32.1. The molecule has 0 saturated carbocycles. The molecule has 1 aromatic carbocycles. The lowest BCUT2D eigenvalue weighted by Gasteiger charge is -2.13. The molecule has 1 unspecified atom stereocenters. The van der Waals surface area contributed by atoms with E-state index in [0.29, 0.717) is 0 Å². The number of fused-ring (bicyclic) bond motifs is 1. The van der Waals surface area contributed by atoms with Crippen molar-refractivity contribution in [1.82, 2.24) is 5.32 Å². The summed E-state index contributed by atoms with van der Waals surface area (Å²) >= 11 is 1.72. The number of rotatable bonds is 5. The second kappa shape index (κ2) is 5.43. The van der Waals surface area contributed by atoms with Crippen LogP contribution in [0.1, 0.15) is 24.3 Å². The summed E-state index contributed by atoms with van der Waals surface area (Å²) in [7, 11) is 0. The molecule has 3 heteroatoms. The Bertz CT molecular complexity index is 518. The van der Waals surface area contributed by atoms with Crippen molar-refractivity contribution in [2.75, 3.05) is 6.54 Å². The zero-order valence-corrected chi connectivity index (χ0v) is 10.7. The van der Waals surface area contributed by atoms with Gasteiger partial charge in [-0.2, -0.15) is 0 Å². The van der Waals surface area contributed by atoms with Crippen LogP contribution in [-0.2, 0) is 0 Å². The van der Waals surface area contributed by atoms with Gasteiger partial charge in [0.15, 0.2) is 0 Å². The molecule has 1 N–H and O–H groups in total. The van der Waals surface area contributed by atoms with Crippen LogP contribution in [0, 0.1) is 5.82 Å². The molecule has 17 heavy (non-hydrogen) atoms. The second-order valence-corrected chi connectivity index (χ2v) is 5.08. The van der Waals surface area contributed by atoms with Gasteiger partial charge in [0.1, 0.15) is 5.82 Å². The third-order valence-electron chi connectivity index (χ3n) is 2.69. The molecule has 2 rings (SSSR count). The molecular weight excluding hydrogens is 233 g/mol. The topological polar surface area (TPSA) is 12.0 Å². The minimum Gasteiger partial charge on any atom is -0.309 e. The molecule has 2 aromatic rings. The molecule has 1 aromatic heterocycles. The van der Waals surface area contributed by atoms with Gasteiger partial charge in [0.05, 0.1) is 0 Å². The summed E-state index contributed by atoms with van der Waals surface area (Å²) in [5.41, 5.74) is 0. The number of nitrogens with one attached hydrogen (secondary N) is 1. The van der Waals surface area contributed by atoms with E-state index in [9.17, 15) is 4.39 Å². The molecule has 0 aliphatic carbocycles. The van der Waals surface area contributed by atoms with Gasteiger partial charge < -0.3 is 5.32 Å². The van der Waals surface area contributed by atoms with Gasteiger partial charge in [0.25, 0.3) is 0 Å². The average Bonchev–Trinajstić information content (AvgIpc) is 2.71. The highest BCUT2D eigenvalue weighted by Gasteiger charge is 2.12. The first-order valence-corrected chi connectivity index (χ1v) is 6.59. The Morgan fingerprint density at radius 3 is 3.00 bits per heavy atom. The Labute approximate surface area is 105 Å². The lowest BCUT2D eigenvalue weighted by Crippen LogP contribution is -2.19. The number of benzene rings is 1. The van der Waals surface area contributed by atoms with Crippen molar-refractivity contribution in [3.8, 4) is 0 Å². The van der Waals surface area contributed by atoms with E-state index in [1.807, 2.05) is 12.1 Å². The Morgan fingerprint density at radius 2 is 2.29 bits per heavy atom. The Hall–Kier alpha value is -1.19. The quantitative estimate of drug-likeness (QED) is 0.780. The third-order valence-corrected chi connectivity index (χ3v) is 3.92. The van der Waals surface area contributed by atoms with E-state index in [-0.39, 0.29) is 11.9 Å². The van der Waals surface area contributed by atoms with Crippen LogP contribution in [0.4, 0.5) is 4.39 Å². The summed E-state index contributed by atoms with van der Waals surface area (Å²) in [4.78, 5) is 1.24. The van der Waals surface area contributed by atoms with Crippen LogP contribution in [-0.4, -0.2) is 6.54 Å². The molecule has 90 valence electrons. The number of hydrogen-bond donors (Lipinski definition) is 1. The van der Waals surface area contributed by atoms with Gasteiger partial charge in [0.2, 0.25) is 0 Å². The maximum Gasteiger partial charge on any atom is 0.123 e. The van der Waals surface area contributed by atoms with Crippen LogP contribution in [0.5, 0.6) is 0 Å². The molecule has 1 heterocycles. The highest BCUT2D eigenvalue weighted by molar-refractivity contribution is 7.19. The molecule has 1 atom stereocenters. The second-order valence-electron chi connectivity index (χ2n) is 3.97. The average molecular weight is 249 g/mol. The van der Waals surface area contributed by atoms with Crippen LogP contribution >= 0.6 is 11.3 Å². The number of hydrogen-bond acceptors (Lipinski definition) is 2. The minimum absolute atomic E-state index is 0.175. The van der Waals surface area contributed by atoms with Gasteiger partial charge in [-0.15, -0.1) is 17.9 Å². The lowest BCUT2D eigenvalue weighted by molar-refractivity contribution is 0.568. The van der Waals surface area contributed by atoms with Crippen molar-refractivity contribution in [2.45, 2.75) is 19.4 Å². The summed E-state index contributed by atoms with van der Waals surface area (Å²) in [6.07, 6.45) is 2.81. The van der Waals surface area contributed by atoms with Crippen molar-refractivity contribution in [1.29, 1.82) is 0 Å². The highest BCUT2D eigenvalue weighted by Crippen LogP contribution is 2.31. The number of thiophene rings is 1. The van der Waals surface area contributed by atoms with Gasteiger partial charge in [-0.1, -0.05) is 13.0 Å². The van der Waals surface area contributed by atoms with E-state index in [0.717, 1.165) is 23.1 Å². The Balaban J connectivity index is 2.36. The lowest BCUT2D eigenvalue weighted by atomic mass is 10.1. The normalized spacial score (nSPS) is 12.8. The number of halogens is 1. The van der Waals surface area contributed by atoms with E-state index >= 15 is 0 Å². The Kier molecular flexibility index (Phi) is 3.92. The molecule has 0 saturated heterocycles. The molecule has 0 bridgehead atoms. The first kappa shape index (κ1) is 12.3. The molecular formula is C14H16FNS. The third kappa shape index (κ3) is 2.73. The SMILES string of the molecule is C=CCC(NCC)c1cc2cc(F)ccc2s1. The molecule has 0 amide bonds. The van der Waals surface area contributed by atoms with Crippen LogP contribution in [0.25, 0.3) is 10.1 Å². The fraction of sp³-hybridized carbons (Fsp3) is 0.286. The van der Waals surface area contributed by atoms with Crippen LogP contribution in [0.2, 0.25) is 0 Å². The van der Waals surface area contributed by atoms with E-state index in [1.54, 1.807) is 17.4 Å². The van der Waals surface area contributed by atoms with Gasteiger partial charge in [-0.25, -0.2) is 4.39 Å². The van der Waals surface area contributed by atoms with Crippen molar-refractivity contribution in [3.05, 3.63) is 47.6 Å². The zero-order valence-electron chi connectivity index (χ0n) is 9.87. The van der Waals surface area contributed by atoms with Crippen molar-refractivity contribution in [2.24, 2.45) is 0 Å². The van der Waals surface area contributed by atoms with Gasteiger partial charge in [-0.3, -0.25) is 0 Å². The fourth-order valence-electron chi connectivity index (χ4n) is 1.92. The van der Waals surface area contributed by atoms with Gasteiger partial charge >= 0.3 is 0 Å². The monoisotopic (exact) mass is 249 g/mol. The Morgan fingerprint density at radius 1 is 1.47 bits per heavy atom. The van der Waals surface area contributed by atoms with E-state index in [1.165, 1.54) is 10.9 Å². The van der Waals surface area contributed by atoms with Crippen LogP contribution in [0.3, 0.4) is 0 Å². The molecule has 0 spiro atoms. The summed E-state index contributed by atoms with van der Waals surface area (Å²) in [6, 6.07) is 7.30. The predicted octanol–water partition coefficient (Wildman–Crippen LogP) is 4.27. The van der Waals surface area contributed by atoms with Crippen molar-refractivity contribution < 1.29 is 4.39 Å². The zero-order chi connectivity index (χ0) is 12.3. The first-order chi connectivity index (χ1) is 8.24. The van der Waals surface area contributed by atoms with E-state index in [4.69, 9.17) is 0 Å². The smallest absolute Gasteiger partial charge is 0.123 e. The summed E-state index contributed by atoms with van der Waals surface area (Å²) < 4.78 is 14.2. The summed E-state index contributed by atoms with van der Waals surface area (Å²) in [6.45, 7) is 6.79. The van der Waals surface area contributed by atoms with E-state index in [2.05, 4.69) is 24.9 Å². The van der Waals surface area contributed by atoms with Gasteiger partial charge in [0, 0.05) is 15.6 Å². The van der Waals surface area contributed by atoms with Crippen LogP contribution < -0.4 is 5.32 Å². The van der Waals surface area contributed by atoms with Gasteiger partial charge in [-0.05, 0) is 42.6 Å². The summed E-state index contributed by atoms with van der Waals surface area (Å²) in [5.74, 6) is -0.175. The minimum atomic E-state index is -0.175. The van der Waals surface area contributed by atoms with E-state index < -0.39 is 0 Å². The molecule has 0 radical (unpaired) electrons. The molecule has 1 nitrogen and oxygen atoms in total. The summed E-state index contributed by atoms with van der Waals surface area (Å²) in [5, 5.41) is 4.40. The fourth-order valence-corrected chi connectivity index (χ4v) is 3.05. The molecule has 0 aliphatic heterocycles. The maximum absolute atomic E-state index is 13.1.